The normalized spacial score (nSPS) is 11.2. The summed E-state index contributed by atoms with van der Waals surface area (Å²) in [6, 6.07) is 0. The zero-order valence-electron chi connectivity index (χ0n) is 7.30. The third kappa shape index (κ3) is 2.61. The predicted octanol–water partition coefficient (Wildman–Crippen LogP) is 3.40. The summed E-state index contributed by atoms with van der Waals surface area (Å²) < 4.78 is 0. The van der Waals surface area contributed by atoms with E-state index >= 15 is 0 Å². The van der Waals surface area contributed by atoms with Crippen LogP contribution in [-0.4, -0.2) is 10.9 Å². The van der Waals surface area contributed by atoms with Gasteiger partial charge in [0.25, 0.3) is 0 Å². The highest BCUT2D eigenvalue weighted by Crippen LogP contribution is 2.17. The molecule has 0 aromatic carbocycles. The van der Waals surface area contributed by atoms with Crippen LogP contribution in [-0.2, 0) is 0 Å². The number of halogens is 1. The summed E-state index contributed by atoms with van der Waals surface area (Å²) in [5.74, 6) is 0.680. The summed E-state index contributed by atoms with van der Waals surface area (Å²) in [6.07, 6.45) is 5.01. The molecule has 0 amide bonds. The number of rotatable bonds is 3. The van der Waals surface area contributed by atoms with Crippen LogP contribution in [0, 0.1) is 13.8 Å². The number of thiazole rings is 1. The van der Waals surface area contributed by atoms with Crippen LogP contribution in [0.25, 0.3) is 6.08 Å². The molecular formula is C9H12ClNS. The van der Waals surface area contributed by atoms with Crippen LogP contribution in [0.15, 0.2) is 6.08 Å². The van der Waals surface area contributed by atoms with Crippen molar-refractivity contribution >= 4 is 29.0 Å². The number of alkyl halides is 1. The molecule has 0 spiro atoms. The maximum Gasteiger partial charge on any atom is 0.116 e. The van der Waals surface area contributed by atoms with Crippen molar-refractivity contribution in [1.29, 1.82) is 0 Å². The first kappa shape index (κ1) is 9.75. The topological polar surface area (TPSA) is 12.9 Å². The number of hydrogen-bond donors (Lipinski definition) is 0. The third-order valence-corrected chi connectivity index (χ3v) is 2.84. The second kappa shape index (κ2) is 4.63. The molecule has 1 heterocycles. The average Bonchev–Trinajstić information content (AvgIpc) is 2.32. The number of allylic oxidation sites excluding steroid dienone is 1. The average molecular weight is 202 g/mol. The number of nitrogens with zero attached hydrogens (tertiary/aromatic N) is 1. The fourth-order valence-corrected chi connectivity index (χ4v) is 1.80. The van der Waals surface area contributed by atoms with Gasteiger partial charge in [-0.2, -0.15) is 0 Å². The predicted molar refractivity (Wildman–Crippen MR) is 56.0 cm³/mol. The van der Waals surface area contributed by atoms with Crippen LogP contribution < -0.4 is 0 Å². The van der Waals surface area contributed by atoms with Gasteiger partial charge in [-0.15, -0.1) is 22.9 Å². The number of aromatic nitrogens is 1. The van der Waals surface area contributed by atoms with Gasteiger partial charge in [-0.1, -0.05) is 6.08 Å². The molecule has 1 rings (SSSR count). The smallest absolute Gasteiger partial charge is 0.116 e. The van der Waals surface area contributed by atoms with Gasteiger partial charge in [0, 0.05) is 10.8 Å². The highest BCUT2D eigenvalue weighted by molar-refractivity contribution is 7.12. The van der Waals surface area contributed by atoms with Gasteiger partial charge in [-0.3, -0.25) is 0 Å². The lowest BCUT2D eigenvalue weighted by atomic mass is 10.4. The summed E-state index contributed by atoms with van der Waals surface area (Å²) in [7, 11) is 0. The summed E-state index contributed by atoms with van der Waals surface area (Å²) in [6.45, 7) is 4.12. The standard InChI is InChI=1S/C9H12ClNS/c1-7-8(2)12-9(11-7)5-3-4-6-10/h3,5H,4,6H2,1-2H3. The van der Waals surface area contributed by atoms with Crippen molar-refractivity contribution in [3.63, 3.8) is 0 Å². The molecule has 0 bridgehead atoms. The molecule has 1 aromatic heterocycles. The van der Waals surface area contributed by atoms with Gasteiger partial charge in [-0.25, -0.2) is 4.98 Å². The van der Waals surface area contributed by atoms with E-state index in [0.717, 1.165) is 17.1 Å². The fourth-order valence-electron chi connectivity index (χ4n) is 0.816. The van der Waals surface area contributed by atoms with Crippen LogP contribution >= 0.6 is 22.9 Å². The van der Waals surface area contributed by atoms with E-state index in [1.54, 1.807) is 11.3 Å². The Morgan fingerprint density at radius 3 is 2.75 bits per heavy atom. The van der Waals surface area contributed by atoms with E-state index < -0.39 is 0 Å². The minimum absolute atomic E-state index is 0.680. The minimum atomic E-state index is 0.680. The Bertz CT molecular complexity index is 259. The molecule has 0 saturated carbocycles. The molecule has 0 aliphatic rings. The first-order valence-electron chi connectivity index (χ1n) is 3.90. The van der Waals surface area contributed by atoms with Crippen LogP contribution in [0.5, 0.6) is 0 Å². The second-order valence-corrected chi connectivity index (χ2v) is 4.19. The van der Waals surface area contributed by atoms with Crippen LogP contribution in [0.4, 0.5) is 0 Å². The number of aryl methyl sites for hydroxylation is 2. The molecule has 0 unspecified atom stereocenters. The van der Waals surface area contributed by atoms with Crippen molar-refractivity contribution in [2.75, 3.05) is 5.88 Å². The SMILES string of the molecule is Cc1nc(C=CCCCl)sc1C. The van der Waals surface area contributed by atoms with Gasteiger partial charge < -0.3 is 0 Å². The Morgan fingerprint density at radius 1 is 1.50 bits per heavy atom. The Hall–Kier alpha value is -0.340. The molecule has 0 fully saturated rings. The summed E-state index contributed by atoms with van der Waals surface area (Å²) in [5, 5.41) is 1.08. The van der Waals surface area contributed by atoms with Crippen LogP contribution in [0.1, 0.15) is 22.0 Å². The van der Waals surface area contributed by atoms with Gasteiger partial charge in [0.1, 0.15) is 5.01 Å². The second-order valence-electron chi connectivity index (χ2n) is 2.57. The Morgan fingerprint density at radius 2 is 2.25 bits per heavy atom. The van der Waals surface area contributed by atoms with Gasteiger partial charge >= 0.3 is 0 Å². The van der Waals surface area contributed by atoms with Crippen molar-refractivity contribution in [1.82, 2.24) is 4.98 Å². The molecular weight excluding hydrogens is 190 g/mol. The van der Waals surface area contributed by atoms with Crippen molar-refractivity contribution in [2.24, 2.45) is 0 Å². The highest BCUT2D eigenvalue weighted by Gasteiger charge is 1.98. The third-order valence-electron chi connectivity index (χ3n) is 1.58. The van der Waals surface area contributed by atoms with E-state index in [1.165, 1.54) is 4.88 Å². The molecule has 0 aliphatic carbocycles. The molecule has 0 N–H and O–H groups in total. The molecule has 0 saturated heterocycles. The van der Waals surface area contributed by atoms with Gasteiger partial charge in [0.2, 0.25) is 0 Å². The summed E-state index contributed by atoms with van der Waals surface area (Å²) in [5.41, 5.74) is 1.13. The molecule has 1 aromatic rings. The molecule has 3 heteroatoms. The summed E-state index contributed by atoms with van der Waals surface area (Å²) >= 11 is 7.26. The van der Waals surface area contributed by atoms with Gasteiger partial charge in [0.05, 0.1) is 5.69 Å². The Labute approximate surface area is 82.1 Å². The first-order chi connectivity index (χ1) is 5.74. The lowest BCUT2D eigenvalue weighted by molar-refractivity contribution is 1.21. The lowest BCUT2D eigenvalue weighted by Gasteiger charge is -1.81. The minimum Gasteiger partial charge on any atom is -0.242 e. The van der Waals surface area contributed by atoms with Crippen molar-refractivity contribution in [3.05, 3.63) is 21.7 Å². The largest absolute Gasteiger partial charge is 0.242 e. The Kier molecular flexibility index (Phi) is 3.76. The van der Waals surface area contributed by atoms with Gasteiger partial charge in [0.15, 0.2) is 0 Å². The lowest BCUT2D eigenvalue weighted by Crippen LogP contribution is -1.73. The first-order valence-corrected chi connectivity index (χ1v) is 5.25. The molecule has 0 radical (unpaired) electrons. The molecule has 66 valence electrons. The monoisotopic (exact) mass is 201 g/mol. The Balaban J connectivity index is 2.64. The maximum absolute atomic E-state index is 5.54. The van der Waals surface area contributed by atoms with E-state index in [9.17, 15) is 0 Å². The van der Waals surface area contributed by atoms with E-state index in [2.05, 4.69) is 18.0 Å². The highest BCUT2D eigenvalue weighted by atomic mass is 35.5. The fraction of sp³-hybridized carbons (Fsp3) is 0.444. The van der Waals surface area contributed by atoms with Crippen molar-refractivity contribution < 1.29 is 0 Å². The maximum atomic E-state index is 5.54. The zero-order valence-corrected chi connectivity index (χ0v) is 8.87. The number of hydrogen-bond acceptors (Lipinski definition) is 2. The van der Waals surface area contributed by atoms with Gasteiger partial charge in [-0.05, 0) is 26.3 Å². The summed E-state index contributed by atoms with van der Waals surface area (Å²) in [4.78, 5) is 5.66. The van der Waals surface area contributed by atoms with E-state index in [4.69, 9.17) is 11.6 Å². The van der Waals surface area contributed by atoms with Crippen molar-refractivity contribution in [2.45, 2.75) is 20.3 Å². The molecule has 1 nitrogen and oxygen atoms in total. The molecule has 0 atom stereocenters. The van der Waals surface area contributed by atoms with E-state index in [1.807, 2.05) is 13.0 Å². The van der Waals surface area contributed by atoms with Crippen molar-refractivity contribution in [3.8, 4) is 0 Å². The molecule has 0 aliphatic heterocycles. The van der Waals surface area contributed by atoms with Crippen LogP contribution in [0.2, 0.25) is 0 Å². The van der Waals surface area contributed by atoms with E-state index in [-0.39, 0.29) is 0 Å². The van der Waals surface area contributed by atoms with E-state index in [0.29, 0.717) is 5.88 Å². The zero-order chi connectivity index (χ0) is 8.97. The molecule has 12 heavy (non-hydrogen) atoms. The van der Waals surface area contributed by atoms with Crippen LogP contribution in [0.3, 0.4) is 0 Å². The quantitative estimate of drug-likeness (QED) is 0.684.